The number of hydrogen-bond donors (Lipinski definition) is 0. The van der Waals surface area contributed by atoms with Crippen molar-refractivity contribution in [2.24, 2.45) is 0 Å². The van der Waals surface area contributed by atoms with E-state index < -0.39 is 5.97 Å². The molecule has 1 amide bonds. The number of rotatable bonds is 7. The maximum atomic E-state index is 13.5. The number of nitrogens with zero attached hydrogens (tertiary/aromatic N) is 3. The summed E-state index contributed by atoms with van der Waals surface area (Å²) < 4.78 is 11.3. The highest BCUT2D eigenvalue weighted by Gasteiger charge is 2.23. The number of amides is 1. The van der Waals surface area contributed by atoms with Gasteiger partial charge in [-0.15, -0.1) is 0 Å². The fraction of sp³-hybridized carbons (Fsp3) is 0.400. The van der Waals surface area contributed by atoms with Crippen molar-refractivity contribution >= 4 is 38.6 Å². The standard InChI is InChI=1S/C25H29N3O4S/c1-17-15-18(2)22-21(16-17)26-25(33-22)28(10-4-9-27-11-13-32-14-12-27)23(29)19-5-7-20(8-6-19)24(30)31-3/h5-8,15-16H,4,9-14H2,1-3H3. The zero-order chi connectivity index (χ0) is 23.4. The van der Waals surface area contributed by atoms with E-state index in [0.29, 0.717) is 22.8 Å². The van der Waals surface area contributed by atoms with Gasteiger partial charge in [0.2, 0.25) is 0 Å². The molecule has 2 aromatic carbocycles. The molecule has 1 fully saturated rings. The van der Waals surface area contributed by atoms with E-state index in [4.69, 9.17) is 14.5 Å². The minimum atomic E-state index is -0.423. The van der Waals surface area contributed by atoms with Crippen LogP contribution in [0.5, 0.6) is 0 Å². The van der Waals surface area contributed by atoms with E-state index in [0.717, 1.165) is 60.6 Å². The van der Waals surface area contributed by atoms with Gasteiger partial charge in [0.05, 0.1) is 36.1 Å². The van der Waals surface area contributed by atoms with E-state index >= 15 is 0 Å². The van der Waals surface area contributed by atoms with E-state index in [1.807, 2.05) is 0 Å². The molecule has 0 radical (unpaired) electrons. The van der Waals surface area contributed by atoms with E-state index in [-0.39, 0.29) is 5.91 Å². The van der Waals surface area contributed by atoms with Crippen molar-refractivity contribution in [2.45, 2.75) is 20.3 Å². The lowest BCUT2D eigenvalue weighted by Crippen LogP contribution is -2.39. The normalized spacial score (nSPS) is 14.4. The molecule has 174 valence electrons. The highest BCUT2D eigenvalue weighted by molar-refractivity contribution is 7.22. The lowest BCUT2D eigenvalue weighted by Gasteiger charge is -2.27. The van der Waals surface area contributed by atoms with Gasteiger partial charge in [0, 0.05) is 31.7 Å². The molecular formula is C25H29N3O4S. The Labute approximate surface area is 197 Å². The molecule has 1 aliphatic heterocycles. The van der Waals surface area contributed by atoms with Crippen molar-refractivity contribution in [1.29, 1.82) is 0 Å². The monoisotopic (exact) mass is 467 g/mol. The van der Waals surface area contributed by atoms with Crippen LogP contribution in [0.3, 0.4) is 0 Å². The fourth-order valence-corrected chi connectivity index (χ4v) is 5.10. The van der Waals surface area contributed by atoms with Gasteiger partial charge in [0.15, 0.2) is 5.13 Å². The van der Waals surface area contributed by atoms with Gasteiger partial charge in [-0.3, -0.25) is 14.6 Å². The number of methoxy groups -OCH3 is 1. The van der Waals surface area contributed by atoms with Gasteiger partial charge in [0.25, 0.3) is 5.91 Å². The number of aryl methyl sites for hydroxylation is 2. The molecule has 1 saturated heterocycles. The Morgan fingerprint density at radius 1 is 1.12 bits per heavy atom. The molecule has 8 heteroatoms. The van der Waals surface area contributed by atoms with Gasteiger partial charge in [-0.05, 0) is 61.7 Å². The lowest BCUT2D eigenvalue weighted by molar-refractivity contribution is 0.0376. The van der Waals surface area contributed by atoms with Gasteiger partial charge in [-0.25, -0.2) is 9.78 Å². The predicted molar refractivity (Wildman–Crippen MR) is 130 cm³/mol. The highest BCUT2D eigenvalue weighted by atomic mass is 32.1. The number of carbonyl (C=O) groups excluding carboxylic acids is 2. The summed E-state index contributed by atoms with van der Waals surface area (Å²) in [6, 6.07) is 10.8. The third-order valence-corrected chi connectivity index (χ3v) is 7.03. The number of anilines is 1. The van der Waals surface area contributed by atoms with Crippen LogP contribution in [0.25, 0.3) is 10.2 Å². The van der Waals surface area contributed by atoms with Gasteiger partial charge in [-0.1, -0.05) is 17.4 Å². The molecule has 0 bridgehead atoms. The van der Waals surface area contributed by atoms with E-state index in [1.165, 1.54) is 7.11 Å². The zero-order valence-corrected chi connectivity index (χ0v) is 20.1. The Hall–Kier alpha value is -2.81. The van der Waals surface area contributed by atoms with Crippen LogP contribution in [0, 0.1) is 13.8 Å². The van der Waals surface area contributed by atoms with Crippen molar-refractivity contribution in [3.63, 3.8) is 0 Å². The van der Waals surface area contributed by atoms with E-state index in [9.17, 15) is 9.59 Å². The maximum absolute atomic E-state index is 13.5. The van der Waals surface area contributed by atoms with E-state index in [1.54, 1.807) is 40.5 Å². The first-order chi connectivity index (χ1) is 16.0. The second-order valence-corrected chi connectivity index (χ2v) is 9.24. The predicted octanol–water partition coefficient (Wildman–Crippen LogP) is 4.07. The molecule has 4 rings (SSSR count). The topological polar surface area (TPSA) is 72.0 Å². The number of aromatic nitrogens is 1. The Morgan fingerprint density at radius 3 is 2.52 bits per heavy atom. The number of ether oxygens (including phenoxy) is 2. The summed E-state index contributed by atoms with van der Waals surface area (Å²) in [4.78, 5) is 34.3. The summed E-state index contributed by atoms with van der Waals surface area (Å²) in [5.74, 6) is -0.546. The highest BCUT2D eigenvalue weighted by Crippen LogP contribution is 2.33. The van der Waals surface area contributed by atoms with Crippen LogP contribution >= 0.6 is 11.3 Å². The molecule has 0 unspecified atom stereocenters. The molecule has 0 spiro atoms. The van der Waals surface area contributed by atoms with Crippen LogP contribution in [-0.2, 0) is 9.47 Å². The summed E-state index contributed by atoms with van der Waals surface area (Å²) in [6.07, 6.45) is 0.833. The molecule has 0 aliphatic carbocycles. The third kappa shape index (κ3) is 5.40. The van der Waals surface area contributed by atoms with Crippen molar-refractivity contribution in [3.05, 3.63) is 58.7 Å². The molecule has 0 N–H and O–H groups in total. The number of hydrogen-bond acceptors (Lipinski definition) is 7. The van der Waals surface area contributed by atoms with Crippen LogP contribution in [0.1, 0.15) is 38.3 Å². The summed E-state index contributed by atoms with van der Waals surface area (Å²) in [6.45, 7) is 8.94. The zero-order valence-electron chi connectivity index (χ0n) is 19.3. The Bertz CT molecular complexity index is 1140. The van der Waals surface area contributed by atoms with Gasteiger partial charge in [0.1, 0.15) is 0 Å². The van der Waals surface area contributed by atoms with Crippen LogP contribution in [-0.4, -0.2) is 68.3 Å². The molecule has 2 heterocycles. The summed E-state index contributed by atoms with van der Waals surface area (Å²) in [5.41, 5.74) is 4.16. The van der Waals surface area contributed by atoms with Crippen molar-refractivity contribution < 1.29 is 19.1 Å². The average molecular weight is 468 g/mol. The first kappa shape index (κ1) is 23.4. The van der Waals surface area contributed by atoms with Gasteiger partial charge < -0.3 is 9.47 Å². The minimum Gasteiger partial charge on any atom is -0.465 e. The van der Waals surface area contributed by atoms with Gasteiger partial charge >= 0.3 is 5.97 Å². The summed E-state index contributed by atoms with van der Waals surface area (Å²) >= 11 is 1.55. The quantitative estimate of drug-likeness (QED) is 0.488. The Balaban J connectivity index is 1.59. The lowest BCUT2D eigenvalue weighted by atomic mass is 10.1. The van der Waals surface area contributed by atoms with Crippen molar-refractivity contribution in [2.75, 3.05) is 51.4 Å². The minimum absolute atomic E-state index is 0.123. The number of esters is 1. The third-order valence-electron chi connectivity index (χ3n) is 5.80. The van der Waals surface area contributed by atoms with Crippen molar-refractivity contribution in [3.8, 4) is 0 Å². The SMILES string of the molecule is COC(=O)c1ccc(C(=O)N(CCCN2CCOCC2)c2nc3cc(C)cc(C)c3s2)cc1. The Morgan fingerprint density at radius 2 is 1.82 bits per heavy atom. The van der Waals surface area contributed by atoms with Crippen LogP contribution < -0.4 is 4.90 Å². The Kier molecular flexibility index (Phi) is 7.37. The average Bonchev–Trinajstić information content (AvgIpc) is 3.25. The first-order valence-corrected chi connectivity index (χ1v) is 12.0. The largest absolute Gasteiger partial charge is 0.465 e. The molecule has 0 atom stereocenters. The van der Waals surface area contributed by atoms with Crippen LogP contribution in [0.2, 0.25) is 0 Å². The molecule has 33 heavy (non-hydrogen) atoms. The number of thiazole rings is 1. The second kappa shape index (κ2) is 10.4. The molecule has 1 aromatic heterocycles. The first-order valence-electron chi connectivity index (χ1n) is 11.1. The van der Waals surface area contributed by atoms with Gasteiger partial charge in [-0.2, -0.15) is 0 Å². The number of morpholine rings is 1. The second-order valence-electron chi connectivity index (χ2n) is 8.26. The smallest absolute Gasteiger partial charge is 0.337 e. The summed E-state index contributed by atoms with van der Waals surface area (Å²) in [5, 5.41) is 0.697. The molecule has 7 nitrogen and oxygen atoms in total. The van der Waals surface area contributed by atoms with Crippen LogP contribution in [0.15, 0.2) is 36.4 Å². The summed E-state index contributed by atoms with van der Waals surface area (Å²) in [7, 11) is 1.34. The molecule has 3 aromatic rings. The van der Waals surface area contributed by atoms with Crippen molar-refractivity contribution in [1.82, 2.24) is 9.88 Å². The number of benzene rings is 2. The van der Waals surface area contributed by atoms with E-state index in [2.05, 4.69) is 30.9 Å². The van der Waals surface area contributed by atoms with Crippen LogP contribution in [0.4, 0.5) is 5.13 Å². The number of carbonyl (C=O) groups is 2. The maximum Gasteiger partial charge on any atom is 0.337 e. The fourth-order valence-electron chi connectivity index (χ4n) is 4.06. The molecule has 0 saturated carbocycles. The number of fused-ring (bicyclic) bond motifs is 1. The molecular weight excluding hydrogens is 438 g/mol. The molecule has 1 aliphatic rings.